The third kappa shape index (κ3) is 2.48. The van der Waals surface area contributed by atoms with Crippen LogP contribution in [-0.2, 0) is 0 Å². The smallest absolute Gasteiger partial charge is 0.291 e. The van der Waals surface area contributed by atoms with Gasteiger partial charge in [0.25, 0.3) is 5.91 Å². The number of anilines is 1. The van der Waals surface area contributed by atoms with Crippen LogP contribution in [0.5, 0.6) is 0 Å². The standard InChI is InChI=1S/C11H5ClF3NO2/c12-9-2-1-8(18-9)11(17)16-7-4-5(13)3-6(14)10(7)15/h1-4H,(H,16,17). The Balaban J connectivity index is 2.27. The van der Waals surface area contributed by atoms with Gasteiger partial charge in [-0.2, -0.15) is 0 Å². The van der Waals surface area contributed by atoms with E-state index in [1.807, 2.05) is 5.32 Å². The molecular formula is C11H5ClF3NO2. The summed E-state index contributed by atoms with van der Waals surface area (Å²) in [4.78, 5) is 11.5. The average molecular weight is 276 g/mol. The number of hydrogen-bond donors (Lipinski definition) is 1. The molecule has 1 aromatic carbocycles. The molecular weight excluding hydrogens is 271 g/mol. The fraction of sp³-hybridized carbons (Fsp3) is 0. The van der Waals surface area contributed by atoms with Gasteiger partial charge in [0.2, 0.25) is 0 Å². The molecule has 0 unspecified atom stereocenters. The lowest BCUT2D eigenvalue weighted by molar-refractivity contribution is 0.0996. The molecule has 94 valence electrons. The molecule has 0 spiro atoms. The maximum atomic E-state index is 13.2. The summed E-state index contributed by atoms with van der Waals surface area (Å²) in [5, 5.41) is 1.94. The van der Waals surface area contributed by atoms with Gasteiger partial charge in [0.15, 0.2) is 22.6 Å². The fourth-order valence-electron chi connectivity index (χ4n) is 1.27. The quantitative estimate of drug-likeness (QED) is 0.851. The maximum absolute atomic E-state index is 13.2. The van der Waals surface area contributed by atoms with Crippen molar-refractivity contribution in [2.75, 3.05) is 5.32 Å². The summed E-state index contributed by atoms with van der Waals surface area (Å²) >= 11 is 5.45. The summed E-state index contributed by atoms with van der Waals surface area (Å²) in [7, 11) is 0. The summed E-state index contributed by atoms with van der Waals surface area (Å²) in [6, 6.07) is 3.57. The molecule has 1 aromatic heterocycles. The van der Waals surface area contributed by atoms with Gasteiger partial charge >= 0.3 is 0 Å². The van der Waals surface area contributed by atoms with E-state index < -0.39 is 29.0 Å². The van der Waals surface area contributed by atoms with E-state index in [2.05, 4.69) is 0 Å². The average Bonchev–Trinajstić information content (AvgIpc) is 2.72. The normalized spacial score (nSPS) is 10.4. The van der Waals surface area contributed by atoms with Gasteiger partial charge in [0.1, 0.15) is 5.82 Å². The highest BCUT2D eigenvalue weighted by Gasteiger charge is 2.16. The Morgan fingerprint density at radius 2 is 1.94 bits per heavy atom. The second-order valence-corrected chi connectivity index (χ2v) is 3.68. The predicted molar refractivity (Wildman–Crippen MR) is 58.0 cm³/mol. The maximum Gasteiger partial charge on any atom is 0.291 e. The van der Waals surface area contributed by atoms with Crippen LogP contribution in [0.25, 0.3) is 0 Å². The molecule has 0 aliphatic carbocycles. The minimum atomic E-state index is -1.40. The largest absolute Gasteiger partial charge is 0.440 e. The van der Waals surface area contributed by atoms with Gasteiger partial charge in [0, 0.05) is 12.1 Å². The van der Waals surface area contributed by atoms with Gasteiger partial charge in [-0.25, -0.2) is 13.2 Å². The topological polar surface area (TPSA) is 42.2 Å². The van der Waals surface area contributed by atoms with Crippen molar-refractivity contribution >= 4 is 23.2 Å². The molecule has 1 N–H and O–H groups in total. The van der Waals surface area contributed by atoms with E-state index in [9.17, 15) is 18.0 Å². The molecule has 0 fully saturated rings. The van der Waals surface area contributed by atoms with Crippen molar-refractivity contribution in [3.63, 3.8) is 0 Å². The Morgan fingerprint density at radius 3 is 2.56 bits per heavy atom. The Morgan fingerprint density at radius 1 is 1.22 bits per heavy atom. The molecule has 18 heavy (non-hydrogen) atoms. The van der Waals surface area contributed by atoms with Gasteiger partial charge in [-0.1, -0.05) is 0 Å². The summed E-state index contributed by atoms with van der Waals surface area (Å²) in [5.41, 5.74) is -0.620. The van der Waals surface area contributed by atoms with E-state index >= 15 is 0 Å². The summed E-state index contributed by atoms with van der Waals surface area (Å²) in [6.45, 7) is 0. The first-order valence-corrected chi connectivity index (χ1v) is 5.06. The van der Waals surface area contributed by atoms with Crippen LogP contribution < -0.4 is 5.32 Å². The van der Waals surface area contributed by atoms with Crippen LogP contribution in [0.2, 0.25) is 5.22 Å². The van der Waals surface area contributed by atoms with Crippen LogP contribution >= 0.6 is 11.6 Å². The second kappa shape index (κ2) is 4.73. The van der Waals surface area contributed by atoms with Gasteiger partial charge < -0.3 is 9.73 Å². The predicted octanol–water partition coefficient (Wildman–Crippen LogP) is 3.60. The van der Waals surface area contributed by atoms with Crippen LogP contribution in [0.15, 0.2) is 28.7 Å². The van der Waals surface area contributed by atoms with Gasteiger partial charge in [-0.15, -0.1) is 0 Å². The Hall–Kier alpha value is -1.95. The molecule has 0 aliphatic rings. The second-order valence-electron chi connectivity index (χ2n) is 3.31. The number of furan rings is 1. The lowest BCUT2D eigenvalue weighted by Crippen LogP contribution is -2.13. The number of carbonyl (C=O) groups is 1. The Labute approximate surface area is 104 Å². The zero-order valence-electron chi connectivity index (χ0n) is 8.64. The molecule has 2 aromatic rings. The molecule has 0 atom stereocenters. The first kappa shape index (κ1) is 12.5. The highest BCUT2D eigenvalue weighted by atomic mass is 35.5. The third-order valence-corrected chi connectivity index (χ3v) is 2.24. The van der Waals surface area contributed by atoms with Crippen molar-refractivity contribution in [3.05, 3.63) is 52.7 Å². The number of hydrogen-bond acceptors (Lipinski definition) is 2. The Bertz CT molecular complexity index is 612. The SMILES string of the molecule is O=C(Nc1cc(F)cc(F)c1F)c1ccc(Cl)o1. The van der Waals surface area contributed by atoms with Crippen molar-refractivity contribution in [3.8, 4) is 0 Å². The van der Waals surface area contributed by atoms with Gasteiger partial charge in [-0.3, -0.25) is 4.79 Å². The molecule has 7 heteroatoms. The fourth-order valence-corrected chi connectivity index (χ4v) is 1.41. The highest BCUT2D eigenvalue weighted by Crippen LogP contribution is 2.21. The van der Waals surface area contributed by atoms with E-state index in [1.165, 1.54) is 12.1 Å². The molecule has 1 amide bonds. The number of benzene rings is 1. The molecule has 1 heterocycles. The molecule has 0 radical (unpaired) electrons. The van der Waals surface area contributed by atoms with E-state index in [4.69, 9.17) is 16.0 Å². The lowest BCUT2D eigenvalue weighted by Gasteiger charge is -2.05. The van der Waals surface area contributed by atoms with Crippen molar-refractivity contribution in [1.29, 1.82) is 0 Å². The first-order valence-electron chi connectivity index (χ1n) is 4.68. The minimum absolute atomic E-state index is 0.0361. The highest BCUT2D eigenvalue weighted by molar-refractivity contribution is 6.29. The van der Waals surface area contributed by atoms with Crippen molar-refractivity contribution in [2.45, 2.75) is 0 Å². The zero-order valence-corrected chi connectivity index (χ0v) is 9.39. The molecule has 0 saturated heterocycles. The van der Waals surface area contributed by atoms with E-state index in [0.29, 0.717) is 12.1 Å². The number of amides is 1. The van der Waals surface area contributed by atoms with E-state index in [0.717, 1.165) is 0 Å². The van der Waals surface area contributed by atoms with Crippen LogP contribution in [0.4, 0.5) is 18.9 Å². The molecule has 0 aliphatic heterocycles. The number of halogens is 4. The van der Waals surface area contributed by atoms with Crippen LogP contribution in [-0.4, -0.2) is 5.91 Å². The number of rotatable bonds is 2. The monoisotopic (exact) mass is 275 g/mol. The van der Waals surface area contributed by atoms with Crippen LogP contribution in [0.3, 0.4) is 0 Å². The third-order valence-electron chi connectivity index (χ3n) is 2.04. The summed E-state index contributed by atoms with van der Waals surface area (Å²) in [6.07, 6.45) is 0. The van der Waals surface area contributed by atoms with Crippen molar-refractivity contribution in [2.24, 2.45) is 0 Å². The van der Waals surface area contributed by atoms with E-state index in [-0.39, 0.29) is 11.0 Å². The molecule has 0 saturated carbocycles. The molecule has 2 rings (SSSR count). The lowest BCUT2D eigenvalue weighted by atomic mass is 10.2. The number of nitrogens with one attached hydrogen (secondary N) is 1. The van der Waals surface area contributed by atoms with Crippen molar-refractivity contribution in [1.82, 2.24) is 0 Å². The van der Waals surface area contributed by atoms with Crippen LogP contribution in [0, 0.1) is 17.5 Å². The van der Waals surface area contributed by atoms with Crippen LogP contribution in [0.1, 0.15) is 10.6 Å². The zero-order chi connectivity index (χ0) is 13.3. The van der Waals surface area contributed by atoms with Gasteiger partial charge in [-0.05, 0) is 23.7 Å². The van der Waals surface area contributed by atoms with Gasteiger partial charge in [0.05, 0.1) is 5.69 Å². The van der Waals surface area contributed by atoms with Crippen molar-refractivity contribution < 1.29 is 22.4 Å². The molecule has 0 bridgehead atoms. The summed E-state index contributed by atoms with van der Waals surface area (Å²) < 4.78 is 43.8. The summed E-state index contributed by atoms with van der Waals surface area (Å²) in [5.74, 6) is -4.85. The first-order chi connectivity index (χ1) is 8.47. The Kier molecular flexibility index (Phi) is 3.29. The van der Waals surface area contributed by atoms with E-state index in [1.54, 1.807) is 0 Å². The number of carbonyl (C=O) groups excluding carboxylic acids is 1. The molecule has 3 nitrogen and oxygen atoms in total. The minimum Gasteiger partial charge on any atom is -0.440 e.